The molecule has 0 aliphatic rings. The van der Waals surface area contributed by atoms with Gasteiger partial charge in [0.25, 0.3) is 0 Å². The summed E-state index contributed by atoms with van der Waals surface area (Å²) in [6.07, 6.45) is -4.69. The Morgan fingerprint density at radius 1 is 1.16 bits per heavy atom. The highest BCUT2D eigenvalue weighted by Gasteiger charge is 2.33. The van der Waals surface area contributed by atoms with Crippen LogP contribution in [0.25, 0.3) is 0 Å². The number of carbonyl (C=O) groups excluding carboxylic acids is 1. The highest BCUT2D eigenvalue weighted by Crippen LogP contribution is 2.36. The summed E-state index contributed by atoms with van der Waals surface area (Å²) in [4.78, 5) is 11.9. The number of methoxy groups -OCH3 is 1. The highest BCUT2D eigenvalue weighted by molar-refractivity contribution is 7.81. The molecule has 0 bridgehead atoms. The largest absolute Gasteiger partial charge is 0.755 e. The van der Waals surface area contributed by atoms with Crippen molar-refractivity contribution in [2.75, 3.05) is 11.4 Å². The molecule has 0 saturated heterocycles. The van der Waals surface area contributed by atoms with Gasteiger partial charge in [0.05, 0.1) is 40.9 Å². The maximum absolute atomic E-state index is 12.9. The number of aryl methyl sites for hydroxylation is 1. The monoisotopic (exact) mass is 372 g/mol. The summed E-state index contributed by atoms with van der Waals surface area (Å²) in [5.41, 5.74) is -0.804. The van der Waals surface area contributed by atoms with E-state index in [1.54, 1.807) is 19.1 Å². The van der Waals surface area contributed by atoms with E-state index in [2.05, 4.69) is 4.74 Å². The van der Waals surface area contributed by atoms with E-state index in [-0.39, 0.29) is 11.4 Å². The van der Waals surface area contributed by atoms with Crippen molar-refractivity contribution in [3.05, 3.63) is 59.2 Å². The summed E-state index contributed by atoms with van der Waals surface area (Å²) in [7, 11) is 0.997. The van der Waals surface area contributed by atoms with E-state index in [0.29, 0.717) is 12.1 Å². The molecule has 25 heavy (non-hydrogen) atoms. The minimum absolute atomic E-state index is 0.170. The molecule has 0 heterocycles. The first-order valence-electron chi connectivity index (χ1n) is 6.91. The van der Waals surface area contributed by atoms with Gasteiger partial charge < -0.3 is 9.29 Å². The third-order valence-electron chi connectivity index (χ3n) is 3.37. The summed E-state index contributed by atoms with van der Waals surface area (Å²) in [6.45, 7) is 1.79. The van der Waals surface area contributed by atoms with Crippen LogP contribution in [-0.4, -0.2) is 21.8 Å². The van der Waals surface area contributed by atoms with Crippen molar-refractivity contribution >= 4 is 28.6 Å². The van der Waals surface area contributed by atoms with E-state index in [4.69, 9.17) is 0 Å². The standard InChI is InChI=1S/C16H14F3NO4S/c1-10-3-6-12(7-4-10)20(25(22)23)14-8-5-11(16(17,18)19)9-13(14)15(21)24-2/h3-9H,1-2H3,(H,22,23)/p-1. The first kappa shape index (κ1) is 18.9. The average Bonchev–Trinajstić information content (AvgIpc) is 2.55. The molecule has 0 spiro atoms. The summed E-state index contributed by atoms with van der Waals surface area (Å²) in [5.74, 6) is -1.08. The molecule has 0 aliphatic heterocycles. The number of alkyl halides is 3. The lowest BCUT2D eigenvalue weighted by Gasteiger charge is -2.28. The van der Waals surface area contributed by atoms with Crippen LogP contribution < -0.4 is 4.31 Å². The molecule has 2 aromatic rings. The fraction of sp³-hybridized carbons (Fsp3) is 0.188. The zero-order valence-corrected chi connectivity index (χ0v) is 14.0. The lowest BCUT2D eigenvalue weighted by Crippen LogP contribution is -2.23. The third kappa shape index (κ3) is 4.18. The molecule has 0 amide bonds. The van der Waals surface area contributed by atoms with Gasteiger partial charge in [-0.3, -0.25) is 8.51 Å². The molecule has 2 aromatic carbocycles. The lowest BCUT2D eigenvalue weighted by atomic mass is 10.1. The van der Waals surface area contributed by atoms with E-state index in [1.165, 1.54) is 12.1 Å². The van der Waals surface area contributed by atoms with Crippen molar-refractivity contribution < 1.29 is 31.5 Å². The topological polar surface area (TPSA) is 69.7 Å². The minimum Gasteiger partial charge on any atom is -0.755 e. The van der Waals surface area contributed by atoms with Crippen LogP contribution in [0.4, 0.5) is 24.5 Å². The van der Waals surface area contributed by atoms with Gasteiger partial charge in [-0.2, -0.15) is 13.2 Å². The van der Waals surface area contributed by atoms with Crippen molar-refractivity contribution in [1.82, 2.24) is 0 Å². The van der Waals surface area contributed by atoms with E-state index >= 15 is 0 Å². The molecular weight excluding hydrogens is 359 g/mol. The van der Waals surface area contributed by atoms with Gasteiger partial charge in [0.1, 0.15) is 0 Å². The van der Waals surface area contributed by atoms with Crippen LogP contribution in [0.2, 0.25) is 0 Å². The van der Waals surface area contributed by atoms with Crippen LogP contribution >= 0.6 is 0 Å². The van der Waals surface area contributed by atoms with Gasteiger partial charge in [-0.15, -0.1) is 0 Å². The number of carbonyl (C=O) groups is 1. The van der Waals surface area contributed by atoms with Gasteiger partial charge in [-0.1, -0.05) is 17.7 Å². The number of halogens is 3. The molecular formula is C16H13F3NO4S-. The van der Waals surface area contributed by atoms with Gasteiger partial charge in [0.15, 0.2) is 0 Å². The Morgan fingerprint density at radius 3 is 2.24 bits per heavy atom. The number of hydrogen-bond donors (Lipinski definition) is 0. The molecule has 2 rings (SSSR count). The van der Waals surface area contributed by atoms with E-state index in [1.807, 2.05) is 0 Å². The van der Waals surface area contributed by atoms with Gasteiger partial charge in [0, 0.05) is 0 Å². The Labute approximate surface area is 144 Å². The second-order valence-electron chi connectivity index (χ2n) is 5.07. The van der Waals surface area contributed by atoms with Crippen LogP contribution in [0.1, 0.15) is 21.5 Å². The summed E-state index contributed by atoms with van der Waals surface area (Å²) >= 11 is -2.87. The molecule has 0 N–H and O–H groups in total. The minimum atomic E-state index is -4.69. The SMILES string of the molecule is COC(=O)c1cc(C(F)(F)F)ccc1N(c1ccc(C)cc1)S(=O)[O-]. The predicted octanol–water partition coefficient (Wildman–Crippen LogP) is 3.73. The fourth-order valence-corrected chi connectivity index (χ4v) is 2.76. The Hall–Kier alpha value is -2.39. The zero-order valence-electron chi connectivity index (χ0n) is 13.2. The third-order valence-corrected chi connectivity index (χ3v) is 4.07. The molecule has 5 nitrogen and oxygen atoms in total. The average molecular weight is 372 g/mol. The Balaban J connectivity index is 2.66. The normalized spacial score (nSPS) is 12.6. The molecule has 134 valence electrons. The molecule has 0 aliphatic carbocycles. The number of hydrogen-bond acceptors (Lipinski definition) is 4. The summed E-state index contributed by atoms with van der Waals surface area (Å²) < 4.78 is 67.3. The predicted molar refractivity (Wildman–Crippen MR) is 85.0 cm³/mol. The Morgan fingerprint density at radius 2 is 1.76 bits per heavy atom. The first-order valence-corrected chi connectivity index (χ1v) is 7.94. The number of anilines is 2. The van der Waals surface area contributed by atoms with Crippen molar-refractivity contribution in [3.8, 4) is 0 Å². The van der Waals surface area contributed by atoms with Crippen molar-refractivity contribution in [2.45, 2.75) is 13.1 Å². The fourth-order valence-electron chi connectivity index (χ4n) is 2.15. The van der Waals surface area contributed by atoms with E-state index < -0.39 is 34.5 Å². The van der Waals surface area contributed by atoms with Crippen LogP contribution in [-0.2, 0) is 22.2 Å². The van der Waals surface area contributed by atoms with Crippen molar-refractivity contribution in [3.63, 3.8) is 0 Å². The second-order valence-corrected chi connectivity index (χ2v) is 5.87. The summed E-state index contributed by atoms with van der Waals surface area (Å²) in [6, 6.07) is 8.41. The van der Waals surface area contributed by atoms with Gasteiger partial charge in [-0.25, -0.2) is 4.79 Å². The van der Waals surface area contributed by atoms with Crippen molar-refractivity contribution in [2.24, 2.45) is 0 Å². The molecule has 0 radical (unpaired) electrons. The quantitative estimate of drug-likeness (QED) is 0.606. The molecule has 1 atom stereocenters. The van der Waals surface area contributed by atoms with Gasteiger partial charge in [0.2, 0.25) is 0 Å². The highest BCUT2D eigenvalue weighted by atomic mass is 32.2. The van der Waals surface area contributed by atoms with Crippen LogP contribution in [0, 0.1) is 6.92 Å². The molecule has 0 fully saturated rings. The Kier molecular flexibility index (Phi) is 5.48. The first-order chi connectivity index (χ1) is 11.6. The van der Waals surface area contributed by atoms with Crippen LogP contribution in [0.3, 0.4) is 0 Å². The van der Waals surface area contributed by atoms with Gasteiger partial charge >= 0.3 is 12.1 Å². The molecule has 9 heteroatoms. The van der Waals surface area contributed by atoms with E-state index in [9.17, 15) is 26.7 Å². The van der Waals surface area contributed by atoms with Crippen molar-refractivity contribution in [1.29, 1.82) is 0 Å². The molecule has 1 unspecified atom stereocenters. The maximum Gasteiger partial charge on any atom is 0.416 e. The number of esters is 1. The summed E-state index contributed by atoms with van der Waals surface area (Å²) in [5, 5.41) is 0. The van der Waals surface area contributed by atoms with E-state index in [0.717, 1.165) is 23.0 Å². The number of nitrogens with zero attached hydrogens (tertiary/aromatic N) is 1. The molecule has 0 aromatic heterocycles. The zero-order chi connectivity index (χ0) is 18.8. The maximum atomic E-state index is 12.9. The molecule has 0 saturated carbocycles. The van der Waals surface area contributed by atoms with Crippen LogP contribution in [0.15, 0.2) is 42.5 Å². The smallest absolute Gasteiger partial charge is 0.416 e. The second kappa shape index (κ2) is 7.24. The number of rotatable bonds is 4. The van der Waals surface area contributed by atoms with Gasteiger partial charge in [-0.05, 0) is 37.3 Å². The number of benzene rings is 2. The lowest BCUT2D eigenvalue weighted by molar-refractivity contribution is -0.137. The number of ether oxygens (including phenoxy) is 1. The Bertz CT molecular complexity index is 806. The van der Waals surface area contributed by atoms with Crippen LogP contribution in [0.5, 0.6) is 0 Å².